The van der Waals surface area contributed by atoms with Crippen LogP contribution in [-0.4, -0.2) is 12.6 Å². The lowest BCUT2D eigenvalue weighted by Crippen LogP contribution is -2.31. The van der Waals surface area contributed by atoms with E-state index in [0.717, 1.165) is 0 Å². The largest absolute Gasteiger partial charge is 0.372 e. The Morgan fingerprint density at radius 2 is 2.08 bits per heavy atom. The highest BCUT2D eigenvalue weighted by Gasteiger charge is 1.99. The fourth-order valence-electron chi connectivity index (χ4n) is 1.04. The van der Waals surface area contributed by atoms with Crippen molar-refractivity contribution in [2.75, 3.05) is 6.54 Å². The number of hydrazine groups is 1. The summed E-state index contributed by atoms with van der Waals surface area (Å²) in [6.07, 6.45) is 0.144. The van der Waals surface area contributed by atoms with Crippen LogP contribution in [0.2, 0.25) is 0 Å². The molecule has 1 aromatic carbocycles. The highest BCUT2D eigenvalue weighted by Crippen LogP contribution is 2.02. The Kier molecular flexibility index (Phi) is 4.46. The lowest BCUT2D eigenvalue weighted by molar-refractivity contribution is 0.0534. The summed E-state index contributed by atoms with van der Waals surface area (Å²) in [6.45, 7) is 3.30. The number of nitrogens with two attached hydrogens (primary N) is 1. The van der Waals surface area contributed by atoms with Crippen LogP contribution in [0.3, 0.4) is 0 Å². The maximum absolute atomic E-state index is 5.53. The van der Waals surface area contributed by atoms with Crippen LogP contribution in [0.25, 0.3) is 0 Å². The molecular formula is C10H16N2O. The van der Waals surface area contributed by atoms with E-state index in [4.69, 9.17) is 10.6 Å². The smallest absolute Gasteiger partial charge is 0.0721 e. The van der Waals surface area contributed by atoms with Crippen LogP contribution in [0.15, 0.2) is 30.3 Å². The highest BCUT2D eigenvalue weighted by molar-refractivity contribution is 5.13. The fourth-order valence-corrected chi connectivity index (χ4v) is 1.04. The van der Waals surface area contributed by atoms with Gasteiger partial charge >= 0.3 is 0 Å². The Balaban J connectivity index is 2.27. The van der Waals surface area contributed by atoms with Gasteiger partial charge in [0, 0.05) is 6.54 Å². The molecule has 0 spiro atoms. The van der Waals surface area contributed by atoms with Crippen molar-refractivity contribution in [1.82, 2.24) is 5.43 Å². The third-order valence-corrected chi connectivity index (χ3v) is 1.78. The Morgan fingerprint density at radius 3 is 2.69 bits per heavy atom. The predicted molar refractivity (Wildman–Crippen MR) is 52.9 cm³/mol. The van der Waals surface area contributed by atoms with Crippen LogP contribution in [0.1, 0.15) is 12.5 Å². The van der Waals surface area contributed by atoms with E-state index < -0.39 is 0 Å². The minimum Gasteiger partial charge on any atom is -0.372 e. The van der Waals surface area contributed by atoms with Gasteiger partial charge in [0.15, 0.2) is 0 Å². The van der Waals surface area contributed by atoms with Crippen molar-refractivity contribution >= 4 is 0 Å². The first kappa shape index (κ1) is 10.2. The van der Waals surface area contributed by atoms with Crippen molar-refractivity contribution in [1.29, 1.82) is 0 Å². The van der Waals surface area contributed by atoms with Crippen LogP contribution in [0.5, 0.6) is 0 Å². The van der Waals surface area contributed by atoms with E-state index in [9.17, 15) is 0 Å². The quantitative estimate of drug-likeness (QED) is 0.526. The van der Waals surface area contributed by atoms with Gasteiger partial charge in [-0.25, -0.2) is 0 Å². The molecule has 0 bridgehead atoms. The van der Waals surface area contributed by atoms with Crippen molar-refractivity contribution < 1.29 is 4.74 Å². The van der Waals surface area contributed by atoms with Crippen LogP contribution in [0.4, 0.5) is 0 Å². The van der Waals surface area contributed by atoms with Gasteiger partial charge in [0.1, 0.15) is 0 Å². The lowest BCUT2D eigenvalue weighted by atomic mass is 10.2. The maximum Gasteiger partial charge on any atom is 0.0721 e. The van der Waals surface area contributed by atoms with E-state index in [2.05, 4.69) is 5.43 Å². The van der Waals surface area contributed by atoms with Gasteiger partial charge in [0.05, 0.1) is 12.7 Å². The second kappa shape index (κ2) is 5.70. The Hall–Kier alpha value is -0.900. The molecule has 0 aromatic heterocycles. The Bertz CT molecular complexity index is 226. The Morgan fingerprint density at radius 1 is 1.38 bits per heavy atom. The van der Waals surface area contributed by atoms with Crippen molar-refractivity contribution in [3.05, 3.63) is 35.9 Å². The number of rotatable bonds is 5. The van der Waals surface area contributed by atoms with Crippen molar-refractivity contribution in [3.8, 4) is 0 Å². The molecule has 0 saturated carbocycles. The maximum atomic E-state index is 5.53. The van der Waals surface area contributed by atoms with Gasteiger partial charge in [0.2, 0.25) is 0 Å². The van der Waals surface area contributed by atoms with E-state index in [1.54, 1.807) is 0 Å². The minimum atomic E-state index is 0.144. The lowest BCUT2D eigenvalue weighted by Gasteiger charge is -2.11. The zero-order chi connectivity index (χ0) is 9.52. The van der Waals surface area contributed by atoms with Crippen LogP contribution in [0, 0.1) is 0 Å². The molecule has 0 aliphatic heterocycles. The SMILES string of the molecule is CC(CNN)OCc1ccccc1. The first-order valence-corrected chi connectivity index (χ1v) is 4.42. The topological polar surface area (TPSA) is 47.3 Å². The molecule has 3 heteroatoms. The molecule has 0 saturated heterocycles. The number of ether oxygens (including phenoxy) is 1. The molecule has 1 atom stereocenters. The summed E-state index contributed by atoms with van der Waals surface area (Å²) in [5, 5.41) is 0. The van der Waals surface area contributed by atoms with Gasteiger partial charge in [0.25, 0.3) is 0 Å². The zero-order valence-corrected chi connectivity index (χ0v) is 7.86. The second-order valence-electron chi connectivity index (χ2n) is 3.02. The number of benzene rings is 1. The molecule has 0 fully saturated rings. The molecule has 3 N–H and O–H groups in total. The summed E-state index contributed by atoms with van der Waals surface area (Å²) in [4.78, 5) is 0. The third-order valence-electron chi connectivity index (χ3n) is 1.78. The summed E-state index contributed by atoms with van der Waals surface area (Å²) in [5.74, 6) is 5.17. The fraction of sp³-hybridized carbons (Fsp3) is 0.400. The van der Waals surface area contributed by atoms with Crippen molar-refractivity contribution in [2.45, 2.75) is 19.6 Å². The monoisotopic (exact) mass is 180 g/mol. The molecule has 1 rings (SSSR count). The zero-order valence-electron chi connectivity index (χ0n) is 7.86. The average Bonchev–Trinajstić information content (AvgIpc) is 2.17. The van der Waals surface area contributed by atoms with Gasteiger partial charge in [-0.05, 0) is 12.5 Å². The first-order chi connectivity index (χ1) is 6.33. The van der Waals surface area contributed by atoms with Gasteiger partial charge in [-0.3, -0.25) is 11.3 Å². The molecular weight excluding hydrogens is 164 g/mol. The summed E-state index contributed by atoms with van der Waals surface area (Å²) in [5.41, 5.74) is 3.77. The van der Waals surface area contributed by atoms with Crippen LogP contribution in [-0.2, 0) is 11.3 Å². The molecule has 3 nitrogen and oxygen atoms in total. The van der Waals surface area contributed by atoms with E-state index in [1.807, 2.05) is 37.3 Å². The molecule has 1 unspecified atom stereocenters. The van der Waals surface area contributed by atoms with Gasteiger partial charge in [-0.15, -0.1) is 0 Å². The molecule has 1 aromatic rings. The van der Waals surface area contributed by atoms with Crippen LogP contribution < -0.4 is 11.3 Å². The number of nitrogens with one attached hydrogen (secondary N) is 1. The highest BCUT2D eigenvalue weighted by atomic mass is 16.5. The summed E-state index contributed by atoms with van der Waals surface area (Å²) in [6, 6.07) is 10.1. The molecule has 0 heterocycles. The van der Waals surface area contributed by atoms with Gasteiger partial charge < -0.3 is 4.74 Å². The predicted octanol–water partition coefficient (Wildman–Crippen LogP) is 1.05. The van der Waals surface area contributed by atoms with E-state index in [0.29, 0.717) is 13.2 Å². The molecule has 13 heavy (non-hydrogen) atoms. The third kappa shape index (κ3) is 4.03. The normalized spacial score (nSPS) is 12.8. The molecule has 0 amide bonds. The second-order valence-corrected chi connectivity index (χ2v) is 3.02. The first-order valence-electron chi connectivity index (χ1n) is 4.42. The molecule has 0 radical (unpaired) electrons. The Labute approximate surface area is 78.9 Å². The molecule has 72 valence electrons. The number of hydrogen-bond donors (Lipinski definition) is 2. The summed E-state index contributed by atoms with van der Waals surface area (Å²) < 4.78 is 5.53. The van der Waals surface area contributed by atoms with E-state index in [-0.39, 0.29) is 6.10 Å². The average molecular weight is 180 g/mol. The summed E-state index contributed by atoms with van der Waals surface area (Å²) >= 11 is 0. The minimum absolute atomic E-state index is 0.144. The van der Waals surface area contributed by atoms with E-state index >= 15 is 0 Å². The molecule has 0 aliphatic rings. The molecule has 0 aliphatic carbocycles. The van der Waals surface area contributed by atoms with E-state index in [1.165, 1.54) is 5.56 Å². The van der Waals surface area contributed by atoms with Gasteiger partial charge in [-0.1, -0.05) is 30.3 Å². The summed E-state index contributed by atoms with van der Waals surface area (Å²) in [7, 11) is 0. The van der Waals surface area contributed by atoms with Crippen molar-refractivity contribution in [3.63, 3.8) is 0 Å². The number of hydrogen-bond acceptors (Lipinski definition) is 3. The van der Waals surface area contributed by atoms with Crippen molar-refractivity contribution in [2.24, 2.45) is 5.84 Å². The van der Waals surface area contributed by atoms with Gasteiger partial charge in [-0.2, -0.15) is 0 Å². The van der Waals surface area contributed by atoms with Crippen LogP contribution >= 0.6 is 0 Å². The standard InChI is InChI=1S/C10H16N2O/c1-9(7-12-11)13-8-10-5-3-2-4-6-10/h2-6,9,12H,7-8,11H2,1H3.